The number of nitrogens with zero attached hydrogens (tertiary/aromatic N) is 3. The summed E-state index contributed by atoms with van der Waals surface area (Å²) in [4.78, 5) is 15.8. The molecule has 3 aromatic rings. The summed E-state index contributed by atoms with van der Waals surface area (Å²) in [7, 11) is 4.00. The first kappa shape index (κ1) is 19.8. The molecule has 1 atom stereocenters. The number of hydrogen-bond acceptors (Lipinski definition) is 5. The van der Waals surface area contributed by atoms with Crippen molar-refractivity contribution < 1.29 is 4.79 Å². The fraction of sp³-hybridized carbons (Fsp3) is 0.278. The molecule has 0 saturated heterocycles. The molecule has 0 fully saturated rings. The van der Waals surface area contributed by atoms with Gasteiger partial charge in [-0.1, -0.05) is 17.7 Å². The fourth-order valence-electron chi connectivity index (χ4n) is 2.71. The summed E-state index contributed by atoms with van der Waals surface area (Å²) in [6, 6.07) is 11.5. The van der Waals surface area contributed by atoms with Gasteiger partial charge in [-0.3, -0.25) is 14.5 Å². The molecule has 0 radical (unpaired) electrons. The van der Waals surface area contributed by atoms with E-state index in [2.05, 4.69) is 26.5 Å². The maximum Gasteiger partial charge on any atom is 0.240 e. The zero-order valence-electron chi connectivity index (χ0n) is 15.0. The van der Waals surface area contributed by atoms with Gasteiger partial charge in [0.15, 0.2) is 10.6 Å². The van der Waals surface area contributed by atoms with Crippen molar-refractivity contribution in [3.63, 3.8) is 0 Å². The molecule has 0 aliphatic rings. The zero-order chi connectivity index (χ0) is 19.4. The highest BCUT2D eigenvalue weighted by molar-refractivity contribution is 7.71. The monoisotopic (exact) mass is 421 g/mol. The Hall–Kier alpha value is -2.00. The Bertz CT molecular complexity index is 947. The van der Waals surface area contributed by atoms with Crippen LogP contribution < -0.4 is 5.32 Å². The van der Waals surface area contributed by atoms with Crippen LogP contribution in [-0.4, -0.2) is 46.2 Å². The molecule has 142 valence electrons. The van der Waals surface area contributed by atoms with Crippen molar-refractivity contribution in [2.45, 2.75) is 12.6 Å². The first-order valence-corrected chi connectivity index (χ1v) is 10.00. The number of halogens is 1. The highest BCUT2D eigenvalue weighted by Crippen LogP contribution is 2.22. The summed E-state index contributed by atoms with van der Waals surface area (Å²) in [5, 5.41) is 12.7. The minimum Gasteiger partial charge on any atom is -0.353 e. The van der Waals surface area contributed by atoms with Gasteiger partial charge in [0.05, 0.1) is 6.04 Å². The van der Waals surface area contributed by atoms with Crippen LogP contribution in [0.4, 0.5) is 0 Å². The lowest BCUT2D eigenvalue weighted by Crippen LogP contribution is -2.36. The lowest BCUT2D eigenvalue weighted by Gasteiger charge is -2.23. The van der Waals surface area contributed by atoms with Gasteiger partial charge in [-0.15, -0.1) is 11.3 Å². The van der Waals surface area contributed by atoms with E-state index in [0.29, 0.717) is 22.2 Å². The second-order valence-corrected chi connectivity index (χ2v) is 8.05. The summed E-state index contributed by atoms with van der Waals surface area (Å²) in [6.07, 6.45) is 0. The molecule has 0 spiro atoms. The van der Waals surface area contributed by atoms with Crippen molar-refractivity contribution in [1.82, 2.24) is 25.0 Å². The number of likely N-dealkylation sites (N-methyl/N-ethyl adjacent to an activating group) is 1. The van der Waals surface area contributed by atoms with Crippen molar-refractivity contribution in [2.75, 3.05) is 20.6 Å². The first-order chi connectivity index (χ1) is 13.0. The normalized spacial score (nSPS) is 12.3. The Kier molecular flexibility index (Phi) is 6.43. The Morgan fingerprint density at radius 1 is 1.37 bits per heavy atom. The molecular formula is C18H20ClN5OS2. The molecule has 2 N–H and O–H groups in total. The Morgan fingerprint density at radius 3 is 2.74 bits per heavy atom. The number of carbonyl (C=O) groups excluding carboxylic acids is 1. The number of aromatic amines is 1. The van der Waals surface area contributed by atoms with E-state index in [1.807, 2.05) is 37.7 Å². The van der Waals surface area contributed by atoms with Crippen molar-refractivity contribution in [2.24, 2.45) is 0 Å². The van der Waals surface area contributed by atoms with Crippen LogP contribution in [-0.2, 0) is 11.3 Å². The van der Waals surface area contributed by atoms with Crippen LogP contribution in [0.15, 0.2) is 41.8 Å². The molecule has 2 heterocycles. The van der Waals surface area contributed by atoms with Crippen LogP contribution in [0.3, 0.4) is 0 Å². The van der Waals surface area contributed by atoms with E-state index >= 15 is 0 Å². The molecule has 27 heavy (non-hydrogen) atoms. The summed E-state index contributed by atoms with van der Waals surface area (Å²) >= 11 is 12.9. The van der Waals surface area contributed by atoms with E-state index < -0.39 is 0 Å². The number of nitrogens with one attached hydrogen (secondary N) is 2. The van der Waals surface area contributed by atoms with Crippen molar-refractivity contribution >= 4 is 41.1 Å². The summed E-state index contributed by atoms with van der Waals surface area (Å²) in [5.41, 5.74) is 0.837. The van der Waals surface area contributed by atoms with Gasteiger partial charge < -0.3 is 10.2 Å². The average molecular weight is 422 g/mol. The zero-order valence-corrected chi connectivity index (χ0v) is 17.4. The van der Waals surface area contributed by atoms with Crippen LogP contribution in [0.5, 0.6) is 0 Å². The molecule has 1 unspecified atom stereocenters. The SMILES string of the molecule is CN(C)C(CNC(=O)Cn1c(-c2ccc(Cl)cc2)n[nH]c1=S)c1cccs1. The molecule has 0 bridgehead atoms. The maximum atomic E-state index is 12.5. The molecule has 1 aromatic carbocycles. The Balaban J connectivity index is 1.70. The van der Waals surface area contributed by atoms with Gasteiger partial charge in [0, 0.05) is 22.0 Å². The van der Waals surface area contributed by atoms with Gasteiger partial charge in [-0.05, 0) is 62.0 Å². The molecule has 3 rings (SSSR count). The van der Waals surface area contributed by atoms with E-state index in [1.165, 1.54) is 4.88 Å². The van der Waals surface area contributed by atoms with E-state index in [9.17, 15) is 4.79 Å². The number of hydrogen-bond donors (Lipinski definition) is 2. The van der Waals surface area contributed by atoms with Gasteiger partial charge in [0.1, 0.15) is 6.54 Å². The van der Waals surface area contributed by atoms with Gasteiger partial charge in [-0.2, -0.15) is 5.10 Å². The predicted molar refractivity (Wildman–Crippen MR) is 112 cm³/mol. The molecule has 0 saturated carbocycles. The van der Waals surface area contributed by atoms with Crippen LogP contribution in [0.25, 0.3) is 11.4 Å². The lowest BCUT2D eigenvalue weighted by atomic mass is 10.2. The van der Waals surface area contributed by atoms with E-state index in [-0.39, 0.29) is 18.5 Å². The largest absolute Gasteiger partial charge is 0.353 e. The molecule has 2 aromatic heterocycles. The van der Waals surface area contributed by atoms with Crippen molar-refractivity contribution in [3.05, 3.63) is 56.4 Å². The third-order valence-corrected chi connectivity index (χ3v) is 5.69. The quantitative estimate of drug-likeness (QED) is 0.570. The third kappa shape index (κ3) is 4.84. The molecular weight excluding hydrogens is 402 g/mol. The first-order valence-electron chi connectivity index (χ1n) is 8.33. The number of aromatic nitrogens is 3. The molecule has 6 nitrogen and oxygen atoms in total. The standard InChI is InChI=1S/C18H20ClN5OS2/c1-23(2)14(15-4-3-9-27-15)10-20-16(25)11-24-17(21-22-18(24)26)12-5-7-13(19)8-6-12/h3-9,14H,10-11H2,1-2H3,(H,20,25)(H,22,26). The van der Waals surface area contributed by atoms with Gasteiger partial charge in [-0.25, -0.2) is 0 Å². The summed E-state index contributed by atoms with van der Waals surface area (Å²) in [6.45, 7) is 0.617. The fourth-order valence-corrected chi connectivity index (χ4v) is 3.96. The predicted octanol–water partition coefficient (Wildman–Crippen LogP) is 3.74. The number of benzene rings is 1. The van der Waals surface area contributed by atoms with Crippen molar-refractivity contribution in [1.29, 1.82) is 0 Å². The highest BCUT2D eigenvalue weighted by atomic mass is 35.5. The lowest BCUT2D eigenvalue weighted by molar-refractivity contribution is -0.121. The number of H-pyrrole nitrogens is 1. The van der Waals surface area contributed by atoms with E-state index in [1.54, 1.807) is 28.0 Å². The van der Waals surface area contributed by atoms with Crippen LogP contribution >= 0.6 is 35.2 Å². The third-order valence-electron chi connectivity index (χ3n) is 4.15. The summed E-state index contributed by atoms with van der Waals surface area (Å²) in [5.74, 6) is 0.486. The minimum absolute atomic E-state index is 0.0951. The molecule has 0 aliphatic heterocycles. The summed E-state index contributed by atoms with van der Waals surface area (Å²) < 4.78 is 2.08. The average Bonchev–Trinajstić information content (AvgIpc) is 3.27. The minimum atomic E-state index is -0.119. The van der Waals surface area contributed by atoms with Gasteiger partial charge >= 0.3 is 0 Å². The Labute approximate surface area is 171 Å². The highest BCUT2D eigenvalue weighted by Gasteiger charge is 2.17. The molecule has 0 aliphatic carbocycles. The second kappa shape index (κ2) is 8.79. The molecule has 1 amide bonds. The van der Waals surface area contributed by atoms with Gasteiger partial charge in [0.2, 0.25) is 5.91 Å². The number of thiophene rings is 1. The van der Waals surface area contributed by atoms with E-state index in [4.69, 9.17) is 23.8 Å². The van der Waals surface area contributed by atoms with Crippen LogP contribution in [0.1, 0.15) is 10.9 Å². The smallest absolute Gasteiger partial charge is 0.240 e. The second-order valence-electron chi connectivity index (χ2n) is 6.24. The van der Waals surface area contributed by atoms with Gasteiger partial charge in [0.25, 0.3) is 0 Å². The topological polar surface area (TPSA) is 66.0 Å². The number of rotatable bonds is 7. The number of amides is 1. The Morgan fingerprint density at radius 2 is 2.11 bits per heavy atom. The van der Waals surface area contributed by atoms with E-state index in [0.717, 1.165) is 5.56 Å². The number of carbonyl (C=O) groups is 1. The maximum absolute atomic E-state index is 12.5. The van der Waals surface area contributed by atoms with Crippen LogP contribution in [0.2, 0.25) is 5.02 Å². The molecule has 9 heteroatoms. The van der Waals surface area contributed by atoms with Crippen molar-refractivity contribution in [3.8, 4) is 11.4 Å². The van der Waals surface area contributed by atoms with Crippen LogP contribution in [0, 0.1) is 4.77 Å².